The molecule has 0 aliphatic heterocycles. The Hall–Kier alpha value is -2.98. The monoisotopic (exact) mass is 405 g/mol. The number of carbonyl (C=O) groups is 1. The van der Waals surface area contributed by atoms with Crippen molar-refractivity contribution in [2.24, 2.45) is 0 Å². The van der Waals surface area contributed by atoms with E-state index in [1.54, 1.807) is 38.1 Å². The molecule has 1 heterocycles. The molecule has 150 valence electrons. The summed E-state index contributed by atoms with van der Waals surface area (Å²) >= 11 is 0. The van der Waals surface area contributed by atoms with E-state index in [1.807, 2.05) is 0 Å². The maximum Gasteiger partial charge on any atom is 0.262 e. The first-order valence-electron chi connectivity index (χ1n) is 8.62. The van der Waals surface area contributed by atoms with Gasteiger partial charge in [0.2, 0.25) is 21.9 Å². The first kappa shape index (κ1) is 21.3. The summed E-state index contributed by atoms with van der Waals surface area (Å²) in [6.45, 7) is 4.40. The zero-order valence-electron chi connectivity index (χ0n) is 15.9. The molecule has 0 radical (unpaired) electrons. The third-order valence-electron chi connectivity index (χ3n) is 3.79. The van der Waals surface area contributed by atoms with Gasteiger partial charge in [-0.2, -0.15) is 9.29 Å². The van der Waals surface area contributed by atoms with Crippen LogP contribution < -0.4 is 15.6 Å². The van der Waals surface area contributed by atoms with E-state index in [0.717, 1.165) is 0 Å². The summed E-state index contributed by atoms with van der Waals surface area (Å²) in [5.74, 6) is 0.125. The number of anilines is 1. The molecule has 0 aliphatic carbocycles. The average Bonchev–Trinajstić information content (AvgIpc) is 2.72. The minimum Gasteiger partial charge on any atom is -0.481 e. The van der Waals surface area contributed by atoms with Crippen molar-refractivity contribution in [3.05, 3.63) is 48.2 Å². The van der Waals surface area contributed by atoms with Gasteiger partial charge in [-0.05, 0) is 23.8 Å². The second-order valence-electron chi connectivity index (χ2n) is 5.53. The van der Waals surface area contributed by atoms with Crippen molar-refractivity contribution in [2.45, 2.75) is 18.7 Å². The van der Waals surface area contributed by atoms with Crippen molar-refractivity contribution in [3.8, 4) is 5.88 Å². The Morgan fingerprint density at radius 2 is 1.86 bits per heavy atom. The van der Waals surface area contributed by atoms with Gasteiger partial charge in [0.15, 0.2) is 0 Å². The van der Waals surface area contributed by atoms with Crippen molar-refractivity contribution in [1.29, 1.82) is 0 Å². The lowest BCUT2D eigenvalue weighted by Gasteiger charge is -2.18. The Morgan fingerprint density at radius 1 is 1.18 bits per heavy atom. The maximum absolute atomic E-state index is 12.5. The standard InChI is InChI=1S/C18H23N5O4S/c1-4-23(5-2)28(25,26)15-9-6-14(7-10-15)8-11-16(24)21-22-18-19-13-12-17(20-18)27-3/h6-13H,4-5H2,1-3H3,(H,21,24)(H,19,20,22)/b11-8+. The highest BCUT2D eigenvalue weighted by Gasteiger charge is 2.20. The smallest absolute Gasteiger partial charge is 0.262 e. The normalized spacial score (nSPS) is 11.6. The van der Waals surface area contributed by atoms with Gasteiger partial charge in [0, 0.05) is 31.4 Å². The van der Waals surface area contributed by atoms with Gasteiger partial charge in [0.1, 0.15) is 0 Å². The second-order valence-corrected chi connectivity index (χ2v) is 7.47. The zero-order valence-corrected chi connectivity index (χ0v) is 16.7. The molecule has 1 amide bonds. The van der Waals surface area contributed by atoms with Gasteiger partial charge >= 0.3 is 0 Å². The van der Waals surface area contributed by atoms with Gasteiger partial charge < -0.3 is 4.74 Å². The van der Waals surface area contributed by atoms with Crippen LogP contribution in [0.1, 0.15) is 19.4 Å². The number of methoxy groups -OCH3 is 1. The minimum atomic E-state index is -3.50. The second kappa shape index (κ2) is 9.81. The van der Waals surface area contributed by atoms with Gasteiger partial charge in [-0.3, -0.25) is 15.6 Å². The fourth-order valence-corrected chi connectivity index (χ4v) is 3.77. The molecule has 9 nitrogen and oxygen atoms in total. The first-order chi connectivity index (χ1) is 13.4. The molecule has 0 unspecified atom stereocenters. The van der Waals surface area contributed by atoms with Crippen LogP contribution in [0.5, 0.6) is 5.88 Å². The number of ether oxygens (including phenoxy) is 1. The van der Waals surface area contributed by atoms with E-state index in [4.69, 9.17) is 4.74 Å². The van der Waals surface area contributed by atoms with Crippen LogP contribution >= 0.6 is 0 Å². The molecule has 0 fully saturated rings. The molecule has 1 aromatic carbocycles. The molecule has 2 rings (SSSR count). The summed E-state index contributed by atoms with van der Waals surface area (Å²) in [6.07, 6.45) is 4.36. The van der Waals surface area contributed by atoms with E-state index >= 15 is 0 Å². The number of hydrogen-bond donors (Lipinski definition) is 2. The number of carbonyl (C=O) groups excluding carboxylic acids is 1. The fourth-order valence-electron chi connectivity index (χ4n) is 2.31. The van der Waals surface area contributed by atoms with Crippen LogP contribution in [0.3, 0.4) is 0 Å². The molecule has 10 heteroatoms. The lowest BCUT2D eigenvalue weighted by atomic mass is 10.2. The predicted octanol–water partition coefficient (Wildman–Crippen LogP) is 1.67. The molecule has 0 saturated carbocycles. The lowest BCUT2D eigenvalue weighted by Crippen LogP contribution is -2.30. The average molecular weight is 405 g/mol. The van der Waals surface area contributed by atoms with Crippen LogP contribution in [0.4, 0.5) is 5.95 Å². The molecule has 0 spiro atoms. The van der Waals surface area contributed by atoms with Gasteiger partial charge in [-0.1, -0.05) is 26.0 Å². The van der Waals surface area contributed by atoms with Crippen LogP contribution in [0, 0.1) is 0 Å². The molecular formula is C18H23N5O4S. The quantitative estimate of drug-likeness (QED) is 0.482. The fraction of sp³-hybridized carbons (Fsp3) is 0.278. The van der Waals surface area contributed by atoms with Crippen molar-refractivity contribution >= 4 is 28.0 Å². The van der Waals surface area contributed by atoms with Crippen LogP contribution in [0.25, 0.3) is 6.08 Å². The number of benzene rings is 1. The topological polar surface area (TPSA) is 114 Å². The summed E-state index contributed by atoms with van der Waals surface area (Å²) in [5.41, 5.74) is 5.69. The minimum absolute atomic E-state index is 0.187. The number of rotatable bonds is 9. The highest BCUT2D eigenvalue weighted by atomic mass is 32.2. The van der Waals surface area contributed by atoms with E-state index < -0.39 is 15.9 Å². The third-order valence-corrected chi connectivity index (χ3v) is 5.85. The summed E-state index contributed by atoms with van der Waals surface area (Å²) < 4.78 is 31.3. The van der Waals surface area contributed by atoms with Crippen molar-refractivity contribution in [2.75, 3.05) is 25.6 Å². The largest absolute Gasteiger partial charge is 0.481 e. The SMILES string of the molecule is CCN(CC)S(=O)(=O)c1ccc(/C=C/C(=O)NNc2nccc(OC)n2)cc1. The molecule has 0 bridgehead atoms. The number of hydrazine groups is 1. The number of amides is 1. The predicted molar refractivity (Wildman–Crippen MR) is 106 cm³/mol. The highest BCUT2D eigenvalue weighted by molar-refractivity contribution is 7.89. The first-order valence-corrected chi connectivity index (χ1v) is 10.1. The van der Waals surface area contributed by atoms with Gasteiger partial charge in [-0.15, -0.1) is 0 Å². The number of hydrogen-bond acceptors (Lipinski definition) is 7. The molecule has 28 heavy (non-hydrogen) atoms. The van der Waals surface area contributed by atoms with Gasteiger partial charge in [0.05, 0.1) is 12.0 Å². The van der Waals surface area contributed by atoms with Crippen molar-refractivity contribution < 1.29 is 17.9 Å². The Kier molecular flexibility index (Phi) is 7.47. The molecule has 1 aromatic heterocycles. The molecular weight excluding hydrogens is 382 g/mol. The van der Waals surface area contributed by atoms with Crippen LogP contribution in [-0.2, 0) is 14.8 Å². The van der Waals surface area contributed by atoms with E-state index in [-0.39, 0.29) is 10.8 Å². The zero-order chi connectivity index (χ0) is 20.6. The summed E-state index contributed by atoms with van der Waals surface area (Å²) in [5, 5.41) is 0. The summed E-state index contributed by atoms with van der Waals surface area (Å²) in [6, 6.07) is 7.90. The Balaban J connectivity index is 1.97. The van der Waals surface area contributed by atoms with E-state index in [1.165, 1.54) is 35.8 Å². The molecule has 0 aliphatic rings. The summed E-state index contributed by atoms with van der Waals surface area (Å²) in [7, 11) is -2.02. The third kappa shape index (κ3) is 5.51. The van der Waals surface area contributed by atoms with Gasteiger partial charge in [-0.25, -0.2) is 13.4 Å². The maximum atomic E-state index is 12.5. The number of nitrogens with one attached hydrogen (secondary N) is 2. The number of aromatic nitrogens is 2. The van der Waals surface area contributed by atoms with Crippen LogP contribution in [0.15, 0.2) is 47.5 Å². The van der Waals surface area contributed by atoms with Crippen molar-refractivity contribution in [3.63, 3.8) is 0 Å². The Labute approximate surface area is 164 Å². The highest BCUT2D eigenvalue weighted by Crippen LogP contribution is 2.16. The molecule has 0 atom stereocenters. The number of sulfonamides is 1. The number of nitrogens with zero attached hydrogens (tertiary/aromatic N) is 3. The molecule has 2 aromatic rings. The Bertz CT molecular complexity index is 925. The van der Waals surface area contributed by atoms with Crippen molar-refractivity contribution in [1.82, 2.24) is 19.7 Å². The van der Waals surface area contributed by atoms with Gasteiger partial charge in [0.25, 0.3) is 5.91 Å². The van der Waals surface area contributed by atoms with E-state index in [9.17, 15) is 13.2 Å². The molecule has 0 saturated heterocycles. The van der Waals surface area contributed by atoms with Crippen LogP contribution in [0.2, 0.25) is 0 Å². The van der Waals surface area contributed by atoms with E-state index in [2.05, 4.69) is 20.8 Å². The Morgan fingerprint density at radius 3 is 2.46 bits per heavy atom. The summed E-state index contributed by atoms with van der Waals surface area (Å²) in [4.78, 5) is 20.0. The van der Waals surface area contributed by atoms with E-state index in [0.29, 0.717) is 24.5 Å². The molecule has 2 N–H and O–H groups in total. The van der Waals surface area contributed by atoms with Crippen LogP contribution in [-0.4, -0.2) is 48.8 Å². The lowest BCUT2D eigenvalue weighted by molar-refractivity contribution is -0.116.